The highest BCUT2D eigenvalue weighted by Crippen LogP contribution is 2.03. The molecule has 0 bridgehead atoms. The highest BCUT2D eigenvalue weighted by atomic mass is 16.5. The molecule has 1 N–H and O–H groups in total. The van der Waals surface area contributed by atoms with Crippen molar-refractivity contribution < 1.29 is 9.53 Å². The molecule has 0 radical (unpaired) electrons. The van der Waals surface area contributed by atoms with Crippen LogP contribution < -0.4 is 5.32 Å². The third-order valence-corrected chi connectivity index (χ3v) is 2.64. The van der Waals surface area contributed by atoms with Crippen LogP contribution in [0.2, 0.25) is 0 Å². The lowest BCUT2D eigenvalue weighted by Gasteiger charge is -2.02. The van der Waals surface area contributed by atoms with E-state index in [9.17, 15) is 4.79 Å². The lowest BCUT2D eigenvalue weighted by Crippen LogP contribution is -2.26. The smallest absolute Gasteiger partial charge is 0.246 e. The molecule has 1 aromatic carbocycles. The van der Waals surface area contributed by atoms with E-state index in [0.29, 0.717) is 6.54 Å². The third kappa shape index (κ3) is 4.22. The van der Waals surface area contributed by atoms with E-state index in [1.165, 1.54) is 12.7 Å². The van der Waals surface area contributed by atoms with E-state index in [2.05, 4.69) is 22.5 Å². The molecular weight excluding hydrogens is 242 g/mol. The van der Waals surface area contributed by atoms with Gasteiger partial charge in [-0.25, -0.2) is 0 Å². The molecule has 0 atom stereocenters. The normalized spacial score (nSPS) is 10.4. The molecule has 5 nitrogen and oxygen atoms in total. The van der Waals surface area contributed by atoms with Crippen molar-refractivity contribution in [3.8, 4) is 0 Å². The van der Waals surface area contributed by atoms with Crippen LogP contribution in [0.1, 0.15) is 11.1 Å². The highest BCUT2D eigenvalue weighted by molar-refractivity contribution is 5.77. The summed E-state index contributed by atoms with van der Waals surface area (Å²) in [5, 5.41) is 7.03. The van der Waals surface area contributed by atoms with Crippen LogP contribution in [0.4, 0.5) is 0 Å². The predicted molar refractivity (Wildman–Crippen MR) is 71.5 cm³/mol. The Morgan fingerprint density at radius 2 is 2.11 bits per heavy atom. The summed E-state index contributed by atoms with van der Waals surface area (Å²) in [5.74, 6) is -0.127. The Kier molecular flexibility index (Phi) is 4.69. The molecule has 1 aromatic heterocycles. The van der Waals surface area contributed by atoms with Gasteiger partial charge in [0, 0.05) is 25.4 Å². The molecule has 19 heavy (non-hydrogen) atoms. The molecular formula is C14H17N3O2. The van der Waals surface area contributed by atoms with E-state index >= 15 is 0 Å². The van der Waals surface area contributed by atoms with Gasteiger partial charge in [0.2, 0.25) is 5.91 Å². The van der Waals surface area contributed by atoms with Crippen molar-refractivity contribution in [1.29, 1.82) is 0 Å². The summed E-state index contributed by atoms with van der Waals surface area (Å²) in [4.78, 5) is 11.3. The quantitative estimate of drug-likeness (QED) is 0.848. The molecule has 0 saturated heterocycles. The van der Waals surface area contributed by atoms with Crippen LogP contribution in [-0.4, -0.2) is 29.4 Å². The summed E-state index contributed by atoms with van der Waals surface area (Å²) in [6.07, 6.45) is 3.69. The van der Waals surface area contributed by atoms with Gasteiger partial charge in [-0.3, -0.25) is 9.48 Å². The minimum atomic E-state index is -0.127. The first-order valence-electron chi connectivity index (χ1n) is 6.09. The second-order valence-corrected chi connectivity index (χ2v) is 4.24. The number of methoxy groups -OCH3 is 1. The SMILES string of the molecule is COCC(=O)NCc1cnn(Cc2ccccc2)c1. The zero-order chi connectivity index (χ0) is 13.5. The fourth-order valence-corrected chi connectivity index (χ4v) is 1.74. The Morgan fingerprint density at radius 1 is 1.32 bits per heavy atom. The maximum Gasteiger partial charge on any atom is 0.246 e. The summed E-state index contributed by atoms with van der Waals surface area (Å²) >= 11 is 0. The zero-order valence-electron chi connectivity index (χ0n) is 10.9. The van der Waals surface area contributed by atoms with Crippen molar-refractivity contribution in [3.63, 3.8) is 0 Å². The van der Waals surface area contributed by atoms with Crippen LogP contribution in [0.15, 0.2) is 42.7 Å². The molecule has 0 unspecified atom stereocenters. The first-order valence-corrected chi connectivity index (χ1v) is 6.09. The van der Waals surface area contributed by atoms with E-state index in [-0.39, 0.29) is 12.5 Å². The van der Waals surface area contributed by atoms with Gasteiger partial charge in [-0.1, -0.05) is 30.3 Å². The van der Waals surface area contributed by atoms with Crippen LogP contribution in [0.3, 0.4) is 0 Å². The van der Waals surface area contributed by atoms with Gasteiger partial charge in [-0.15, -0.1) is 0 Å². The summed E-state index contributed by atoms with van der Waals surface area (Å²) in [6.45, 7) is 1.28. The van der Waals surface area contributed by atoms with Gasteiger partial charge in [0.15, 0.2) is 0 Å². The molecule has 0 fully saturated rings. The number of ether oxygens (including phenoxy) is 1. The number of benzene rings is 1. The first-order chi connectivity index (χ1) is 9.28. The van der Waals surface area contributed by atoms with Gasteiger partial charge >= 0.3 is 0 Å². The van der Waals surface area contributed by atoms with Crippen molar-refractivity contribution in [2.24, 2.45) is 0 Å². The fourth-order valence-electron chi connectivity index (χ4n) is 1.74. The second kappa shape index (κ2) is 6.70. The van der Waals surface area contributed by atoms with E-state index in [1.54, 1.807) is 6.20 Å². The van der Waals surface area contributed by atoms with Crippen LogP contribution in [-0.2, 0) is 22.6 Å². The van der Waals surface area contributed by atoms with Gasteiger partial charge in [0.1, 0.15) is 6.61 Å². The average molecular weight is 259 g/mol. The average Bonchev–Trinajstić information content (AvgIpc) is 2.86. The largest absolute Gasteiger partial charge is 0.375 e. The van der Waals surface area contributed by atoms with Crippen molar-refractivity contribution >= 4 is 5.91 Å². The molecule has 0 spiro atoms. The molecule has 0 aliphatic carbocycles. The second-order valence-electron chi connectivity index (χ2n) is 4.24. The van der Waals surface area contributed by atoms with Gasteiger partial charge in [0.05, 0.1) is 12.7 Å². The van der Waals surface area contributed by atoms with Gasteiger partial charge in [-0.2, -0.15) is 5.10 Å². The number of nitrogens with one attached hydrogen (secondary N) is 1. The van der Waals surface area contributed by atoms with Crippen molar-refractivity contribution in [2.45, 2.75) is 13.1 Å². The van der Waals surface area contributed by atoms with Gasteiger partial charge in [-0.05, 0) is 5.56 Å². The van der Waals surface area contributed by atoms with Gasteiger partial charge in [0.25, 0.3) is 0 Å². The number of hydrogen-bond donors (Lipinski definition) is 1. The van der Waals surface area contributed by atoms with E-state index in [4.69, 9.17) is 4.74 Å². The van der Waals surface area contributed by atoms with E-state index in [1.807, 2.05) is 29.1 Å². The number of rotatable bonds is 6. The van der Waals surface area contributed by atoms with Crippen LogP contribution in [0.25, 0.3) is 0 Å². The van der Waals surface area contributed by atoms with Gasteiger partial charge < -0.3 is 10.1 Å². The van der Waals surface area contributed by atoms with Crippen molar-refractivity contribution in [3.05, 3.63) is 53.9 Å². The molecule has 2 rings (SSSR count). The minimum Gasteiger partial charge on any atom is -0.375 e. The Balaban J connectivity index is 1.87. The third-order valence-electron chi connectivity index (χ3n) is 2.64. The summed E-state index contributed by atoms with van der Waals surface area (Å²) < 4.78 is 6.60. The Morgan fingerprint density at radius 3 is 2.84 bits per heavy atom. The predicted octanol–water partition coefficient (Wildman–Crippen LogP) is 1.19. The first kappa shape index (κ1) is 13.3. The number of aromatic nitrogens is 2. The molecule has 100 valence electrons. The number of amides is 1. The van der Waals surface area contributed by atoms with Crippen LogP contribution >= 0.6 is 0 Å². The molecule has 0 aliphatic rings. The molecule has 1 heterocycles. The fraction of sp³-hybridized carbons (Fsp3) is 0.286. The zero-order valence-corrected chi connectivity index (χ0v) is 10.9. The van der Waals surface area contributed by atoms with E-state index < -0.39 is 0 Å². The van der Waals surface area contributed by atoms with E-state index in [0.717, 1.165) is 12.1 Å². The number of carbonyl (C=O) groups excluding carboxylic acids is 1. The standard InChI is InChI=1S/C14H17N3O2/c1-19-11-14(18)15-7-13-8-16-17(10-13)9-12-5-3-2-4-6-12/h2-6,8,10H,7,9,11H2,1H3,(H,15,18). The Labute approximate surface area is 112 Å². The molecule has 0 saturated carbocycles. The molecule has 2 aromatic rings. The maximum absolute atomic E-state index is 11.3. The summed E-state index contributed by atoms with van der Waals surface area (Å²) in [5.41, 5.74) is 2.17. The summed E-state index contributed by atoms with van der Waals surface area (Å²) in [6, 6.07) is 10.1. The maximum atomic E-state index is 11.3. The number of carbonyl (C=O) groups is 1. The summed E-state index contributed by atoms with van der Waals surface area (Å²) in [7, 11) is 1.50. The lowest BCUT2D eigenvalue weighted by molar-refractivity contribution is -0.124. The molecule has 5 heteroatoms. The van der Waals surface area contributed by atoms with Crippen molar-refractivity contribution in [1.82, 2.24) is 15.1 Å². The minimum absolute atomic E-state index is 0.0815. The molecule has 1 amide bonds. The topological polar surface area (TPSA) is 56.1 Å². The Bertz CT molecular complexity index is 522. The monoisotopic (exact) mass is 259 g/mol. The number of hydrogen-bond acceptors (Lipinski definition) is 3. The lowest BCUT2D eigenvalue weighted by atomic mass is 10.2. The Hall–Kier alpha value is -2.14. The van der Waals surface area contributed by atoms with Crippen LogP contribution in [0.5, 0.6) is 0 Å². The number of nitrogens with zero attached hydrogens (tertiary/aromatic N) is 2. The molecule has 0 aliphatic heterocycles. The van der Waals surface area contributed by atoms with Crippen molar-refractivity contribution in [2.75, 3.05) is 13.7 Å². The van der Waals surface area contributed by atoms with Crippen LogP contribution in [0, 0.1) is 0 Å². The highest BCUT2D eigenvalue weighted by Gasteiger charge is 2.02.